The molecule has 0 bridgehead atoms. The fourth-order valence-electron chi connectivity index (χ4n) is 0.599. The summed E-state index contributed by atoms with van der Waals surface area (Å²) >= 11 is 0. The molecule has 0 aliphatic carbocycles. The summed E-state index contributed by atoms with van der Waals surface area (Å²) < 4.78 is 0. The minimum absolute atomic E-state index is 0.293. The van der Waals surface area contributed by atoms with Gasteiger partial charge in [0.1, 0.15) is 0 Å². The lowest BCUT2D eigenvalue weighted by molar-refractivity contribution is 0.289. The third-order valence-corrected chi connectivity index (χ3v) is 1.15. The number of aliphatic hydroxyl groups excluding tert-OH is 1. The molecule has 0 aromatic heterocycles. The third-order valence-electron chi connectivity index (χ3n) is 1.15. The monoisotopic (exact) mass is 140 g/mol. The zero-order chi connectivity index (χ0) is 7.66. The number of hydrogen-bond donors (Lipinski definition) is 1. The van der Waals surface area contributed by atoms with Gasteiger partial charge in [-0.1, -0.05) is 31.2 Å². The molecule has 0 aromatic carbocycles. The molecule has 58 valence electrons. The molecule has 0 aromatic rings. The quantitative estimate of drug-likeness (QED) is 0.459. The van der Waals surface area contributed by atoms with E-state index in [0.29, 0.717) is 6.61 Å². The van der Waals surface area contributed by atoms with Crippen LogP contribution in [0.2, 0.25) is 0 Å². The molecule has 0 saturated carbocycles. The van der Waals surface area contributed by atoms with Crippen molar-refractivity contribution < 1.29 is 5.11 Å². The number of unbranched alkanes of at least 4 members (excludes halogenated alkanes) is 1. The lowest BCUT2D eigenvalue weighted by atomic mass is 10.3. The van der Waals surface area contributed by atoms with E-state index >= 15 is 0 Å². The molecule has 0 heterocycles. The maximum Gasteiger partial charge on any atom is 0.0433 e. The van der Waals surface area contributed by atoms with E-state index in [0.717, 1.165) is 19.3 Å². The molecule has 0 rings (SSSR count). The van der Waals surface area contributed by atoms with Crippen LogP contribution < -0.4 is 0 Å². The Morgan fingerprint density at radius 1 is 1.20 bits per heavy atom. The van der Waals surface area contributed by atoms with Gasteiger partial charge in [0.15, 0.2) is 0 Å². The number of aliphatic hydroxyl groups is 1. The second kappa shape index (κ2) is 8.44. The highest BCUT2D eigenvalue weighted by atomic mass is 16.2. The molecular weight excluding hydrogens is 124 g/mol. The van der Waals surface area contributed by atoms with Crippen LogP contribution in [0.3, 0.4) is 0 Å². The van der Waals surface area contributed by atoms with Gasteiger partial charge in [0.05, 0.1) is 0 Å². The van der Waals surface area contributed by atoms with Crippen LogP contribution in [-0.2, 0) is 0 Å². The van der Waals surface area contributed by atoms with Crippen LogP contribution in [0.15, 0.2) is 24.3 Å². The Hall–Kier alpha value is -0.560. The SMILES string of the molecule is CC/C=C/C=C\CCCO. The van der Waals surface area contributed by atoms with Gasteiger partial charge in [-0.05, 0) is 19.3 Å². The van der Waals surface area contributed by atoms with Crippen molar-refractivity contribution in [3.05, 3.63) is 24.3 Å². The first-order valence-electron chi connectivity index (χ1n) is 3.84. The Kier molecular flexibility index (Phi) is 7.97. The van der Waals surface area contributed by atoms with Crippen LogP contribution in [0, 0.1) is 0 Å². The van der Waals surface area contributed by atoms with Gasteiger partial charge in [0.2, 0.25) is 0 Å². The highest BCUT2D eigenvalue weighted by molar-refractivity contribution is 5.01. The van der Waals surface area contributed by atoms with Crippen molar-refractivity contribution in [1.82, 2.24) is 0 Å². The number of hydrogen-bond acceptors (Lipinski definition) is 1. The number of rotatable bonds is 5. The van der Waals surface area contributed by atoms with Gasteiger partial charge in [0, 0.05) is 6.61 Å². The normalized spacial score (nSPS) is 11.8. The van der Waals surface area contributed by atoms with E-state index in [-0.39, 0.29) is 0 Å². The Balaban J connectivity index is 3.11. The van der Waals surface area contributed by atoms with Crippen LogP contribution >= 0.6 is 0 Å². The lowest BCUT2D eigenvalue weighted by Crippen LogP contribution is -1.77. The van der Waals surface area contributed by atoms with Gasteiger partial charge < -0.3 is 5.11 Å². The molecule has 0 fully saturated rings. The molecule has 1 N–H and O–H groups in total. The molecular formula is C9H16O. The van der Waals surface area contributed by atoms with E-state index in [1.807, 2.05) is 12.2 Å². The summed E-state index contributed by atoms with van der Waals surface area (Å²) in [6.07, 6.45) is 11.2. The predicted molar refractivity (Wildman–Crippen MR) is 44.9 cm³/mol. The van der Waals surface area contributed by atoms with Crippen LogP contribution in [-0.4, -0.2) is 11.7 Å². The Morgan fingerprint density at radius 3 is 2.50 bits per heavy atom. The molecule has 0 aliphatic heterocycles. The Labute approximate surface area is 63.1 Å². The summed E-state index contributed by atoms with van der Waals surface area (Å²) in [4.78, 5) is 0. The second-order valence-corrected chi connectivity index (χ2v) is 2.13. The fraction of sp³-hybridized carbons (Fsp3) is 0.556. The smallest absolute Gasteiger partial charge is 0.0433 e. The predicted octanol–water partition coefficient (Wildman–Crippen LogP) is 2.28. The summed E-state index contributed by atoms with van der Waals surface area (Å²) in [6, 6.07) is 0. The molecule has 1 heteroatoms. The summed E-state index contributed by atoms with van der Waals surface area (Å²) in [5, 5.41) is 8.42. The first-order valence-corrected chi connectivity index (χ1v) is 3.84. The van der Waals surface area contributed by atoms with Crippen LogP contribution in [0.1, 0.15) is 26.2 Å². The van der Waals surface area contributed by atoms with Crippen molar-refractivity contribution >= 4 is 0 Å². The first kappa shape index (κ1) is 9.44. The van der Waals surface area contributed by atoms with E-state index < -0.39 is 0 Å². The second-order valence-electron chi connectivity index (χ2n) is 2.13. The summed E-state index contributed by atoms with van der Waals surface area (Å²) in [6.45, 7) is 2.40. The van der Waals surface area contributed by atoms with Crippen molar-refractivity contribution in [1.29, 1.82) is 0 Å². The summed E-state index contributed by atoms with van der Waals surface area (Å²) in [5.74, 6) is 0. The fourth-order valence-corrected chi connectivity index (χ4v) is 0.599. The molecule has 0 spiro atoms. The van der Waals surface area contributed by atoms with E-state index in [1.54, 1.807) is 0 Å². The van der Waals surface area contributed by atoms with Crippen LogP contribution in [0.25, 0.3) is 0 Å². The van der Waals surface area contributed by atoms with E-state index in [1.165, 1.54) is 0 Å². The minimum Gasteiger partial charge on any atom is -0.396 e. The van der Waals surface area contributed by atoms with Gasteiger partial charge in [-0.25, -0.2) is 0 Å². The third kappa shape index (κ3) is 7.44. The van der Waals surface area contributed by atoms with E-state index in [9.17, 15) is 0 Å². The standard InChI is InChI=1S/C9H16O/c1-2-3-4-5-6-7-8-9-10/h3-6,10H,2,7-9H2,1H3/b4-3+,6-5-. The van der Waals surface area contributed by atoms with E-state index in [4.69, 9.17) is 5.11 Å². The van der Waals surface area contributed by atoms with Gasteiger partial charge in [-0.15, -0.1) is 0 Å². The largest absolute Gasteiger partial charge is 0.396 e. The molecule has 0 amide bonds. The van der Waals surface area contributed by atoms with Crippen LogP contribution in [0.5, 0.6) is 0 Å². The Morgan fingerprint density at radius 2 is 1.90 bits per heavy atom. The zero-order valence-corrected chi connectivity index (χ0v) is 6.59. The summed E-state index contributed by atoms with van der Waals surface area (Å²) in [7, 11) is 0. The van der Waals surface area contributed by atoms with Crippen molar-refractivity contribution in [3.63, 3.8) is 0 Å². The average molecular weight is 140 g/mol. The van der Waals surface area contributed by atoms with Gasteiger partial charge in [0.25, 0.3) is 0 Å². The molecule has 1 nitrogen and oxygen atoms in total. The minimum atomic E-state index is 0.293. The molecule has 10 heavy (non-hydrogen) atoms. The van der Waals surface area contributed by atoms with E-state index in [2.05, 4.69) is 19.1 Å². The number of allylic oxidation sites excluding steroid dienone is 4. The van der Waals surface area contributed by atoms with Crippen LogP contribution in [0.4, 0.5) is 0 Å². The molecule has 0 atom stereocenters. The highest BCUT2D eigenvalue weighted by Crippen LogP contribution is 1.89. The van der Waals surface area contributed by atoms with Crippen molar-refractivity contribution in [3.8, 4) is 0 Å². The molecule has 0 saturated heterocycles. The van der Waals surface area contributed by atoms with Crippen molar-refractivity contribution in [2.24, 2.45) is 0 Å². The Bertz CT molecular complexity index is 103. The van der Waals surface area contributed by atoms with Gasteiger partial charge in [-0.3, -0.25) is 0 Å². The van der Waals surface area contributed by atoms with Crippen molar-refractivity contribution in [2.75, 3.05) is 6.61 Å². The first-order chi connectivity index (χ1) is 4.91. The maximum atomic E-state index is 8.42. The average Bonchev–Trinajstić information content (AvgIpc) is 1.97. The topological polar surface area (TPSA) is 20.2 Å². The highest BCUT2D eigenvalue weighted by Gasteiger charge is 1.75. The maximum absolute atomic E-state index is 8.42. The lowest BCUT2D eigenvalue weighted by Gasteiger charge is -1.84. The molecule has 0 unspecified atom stereocenters. The molecule has 0 aliphatic rings. The molecule has 0 radical (unpaired) electrons. The van der Waals surface area contributed by atoms with Gasteiger partial charge in [-0.2, -0.15) is 0 Å². The van der Waals surface area contributed by atoms with Crippen molar-refractivity contribution in [2.45, 2.75) is 26.2 Å². The van der Waals surface area contributed by atoms with Gasteiger partial charge >= 0.3 is 0 Å². The summed E-state index contributed by atoms with van der Waals surface area (Å²) in [5.41, 5.74) is 0. The zero-order valence-electron chi connectivity index (χ0n) is 6.59.